The molecule has 3 unspecified atom stereocenters. The second-order valence-corrected chi connectivity index (χ2v) is 32.7. The highest BCUT2D eigenvalue weighted by Gasteiger charge is 2.36. The zero-order valence-corrected chi connectivity index (χ0v) is 69.8. The van der Waals surface area contributed by atoms with Gasteiger partial charge < -0.3 is 45.0 Å². The number of hydrogen-bond donors (Lipinski definition) is 2. The van der Waals surface area contributed by atoms with E-state index in [4.69, 9.17) is 36.8 Å². The lowest BCUT2D eigenvalue weighted by Crippen LogP contribution is -2.49. The Morgan fingerprint density at radius 1 is 0.487 bits per heavy atom. The van der Waals surface area contributed by atoms with Gasteiger partial charge in [-0.1, -0.05) is 41.5 Å². The van der Waals surface area contributed by atoms with Gasteiger partial charge in [-0.15, -0.1) is 0 Å². The van der Waals surface area contributed by atoms with Gasteiger partial charge in [0.05, 0.1) is 101 Å². The molecule has 0 bridgehead atoms. The average molecular weight is 1600 g/mol. The molecule has 0 saturated carbocycles. The monoisotopic (exact) mass is 1600 g/mol. The minimum Gasteiger partial charge on any atom is -0.444 e. The van der Waals surface area contributed by atoms with E-state index in [0.717, 1.165) is 85.2 Å². The van der Waals surface area contributed by atoms with Crippen molar-refractivity contribution in [3.8, 4) is 33.8 Å². The number of hydrogen-bond acceptors (Lipinski definition) is 21. The van der Waals surface area contributed by atoms with E-state index >= 15 is 0 Å². The molecule has 3 aliphatic rings. The van der Waals surface area contributed by atoms with Crippen LogP contribution in [-0.2, 0) is 36.7 Å². The van der Waals surface area contributed by atoms with E-state index in [1.807, 2.05) is 165 Å². The van der Waals surface area contributed by atoms with Crippen molar-refractivity contribution in [2.75, 3.05) is 61.2 Å². The van der Waals surface area contributed by atoms with Crippen molar-refractivity contribution in [2.24, 2.45) is 0 Å². The first-order chi connectivity index (χ1) is 55.8. The summed E-state index contributed by atoms with van der Waals surface area (Å²) in [5.74, 6) is 3.05. The largest absolute Gasteiger partial charge is 0.444 e. The number of amides is 5. The third-order valence-electron chi connectivity index (χ3n) is 20.5. The summed E-state index contributed by atoms with van der Waals surface area (Å²) in [5, 5.41) is 16.7. The van der Waals surface area contributed by atoms with E-state index in [1.54, 1.807) is 73.2 Å². The van der Waals surface area contributed by atoms with Crippen LogP contribution in [0.1, 0.15) is 179 Å². The van der Waals surface area contributed by atoms with Gasteiger partial charge in [-0.2, -0.15) is 15.3 Å². The molecule has 0 radical (unpaired) electrons. The highest BCUT2D eigenvalue weighted by Crippen LogP contribution is 2.32. The molecular weight excluding hydrogens is 1500 g/mol. The normalized spacial score (nSPS) is 15.9. The number of nitrogens with two attached hydrogens (primary N) is 1. The van der Waals surface area contributed by atoms with Crippen molar-refractivity contribution in [3.63, 3.8) is 0 Å². The van der Waals surface area contributed by atoms with Crippen LogP contribution in [0.25, 0.3) is 50.3 Å². The summed E-state index contributed by atoms with van der Waals surface area (Å²) in [6.45, 7) is 25.7. The standard InChI is InChI=1S/C31H37N7O3.C26H29N7O.C16H24N4O3.C14H13ClN4/c1-20(2)25-19-34-38-14-10-21(15-27(25)38)26-9-12-32-28(35-26)16-22-7-8-24(18-33-22)37-13-11-23(17-29(37)39)36(6)30(40)41-31(3,4)5;1-17(2)22-16-30-33-11-7-18(12-24(22)33)23-6-9-28-25(31-23)13-20-4-5-21(15-29-20)32-10-8-19(27-3)14-26(32)34;1-16(2,3)23-15(22)19(4)11-7-8-20(14(21)9-11)12-5-6-13(17)18-10-12;1-9(2)11-8-17-19-6-4-10(7-13(11)19)12-3-5-16-14(15)18-12/h7-10,12,14-15,18-20,23H,11,13,16-17H2,1-6H3;4-7,9,11-12,15-17,19,27H,8,10,13-14H2,1-3H3;5-6,10-11H,7-9H2,1-4H3,(H2,17,18);3-9H,1-2H3. The van der Waals surface area contributed by atoms with Gasteiger partial charge in [-0.25, -0.2) is 58.0 Å². The molecule has 29 nitrogen and oxygen atoms in total. The van der Waals surface area contributed by atoms with Gasteiger partial charge in [0.25, 0.3) is 0 Å². The molecule has 3 N–H and O–H groups in total. The third kappa shape index (κ3) is 21.3. The lowest BCUT2D eigenvalue weighted by atomic mass is 10.0. The van der Waals surface area contributed by atoms with Gasteiger partial charge in [0, 0.05) is 153 Å². The van der Waals surface area contributed by atoms with Crippen molar-refractivity contribution in [3.05, 3.63) is 210 Å². The molecule has 117 heavy (non-hydrogen) atoms. The highest BCUT2D eigenvalue weighted by molar-refractivity contribution is 6.28. The Morgan fingerprint density at radius 2 is 0.855 bits per heavy atom. The minimum atomic E-state index is -0.581. The fourth-order valence-electron chi connectivity index (χ4n) is 14.0. The molecule has 12 aromatic rings. The highest BCUT2D eigenvalue weighted by atomic mass is 35.5. The van der Waals surface area contributed by atoms with E-state index in [2.05, 4.69) is 115 Å². The van der Waals surface area contributed by atoms with E-state index in [9.17, 15) is 24.0 Å². The molecule has 610 valence electrons. The molecule has 15 rings (SSSR count). The maximum absolute atomic E-state index is 13.0. The molecule has 0 aliphatic carbocycles. The van der Waals surface area contributed by atoms with Crippen molar-refractivity contribution in [1.29, 1.82) is 0 Å². The first-order valence-corrected chi connectivity index (χ1v) is 39.9. The summed E-state index contributed by atoms with van der Waals surface area (Å²) >= 11 is 5.83. The van der Waals surface area contributed by atoms with Gasteiger partial charge in [0.1, 0.15) is 28.7 Å². The van der Waals surface area contributed by atoms with Crippen molar-refractivity contribution in [1.82, 2.24) is 88.8 Å². The molecular formula is C87H103ClN22O7. The molecule has 30 heteroatoms. The quantitative estimate of drug-likeness (QED) is 0.0849. The molecule has 3 aliphatic heterocycles. The van der Waals surface area contributed by atoms with Gasteiger partial charge >= 0.3 is 12.2 Å². The fourth-order valence-corrected chi connectivity index (χ4v) is 14.1. The number of piperidine rings is 3. The minimum absolute atomic E-state index is 0.0387. The van der Waals surface area contributed by atoms with E-state index in [0.29, 0.717) is 87.0 Å². The number of pyridine rings is 6. The SMILES string of the molecule is CC(C)c1cnn2ccc(-c3ccnc(Cc4ccc(N5CCC(N(C)C(=O)OC(C)(C)C)CC5=O)cn4)n3)cc12.CC(C)c1cnn2ccc(-c3ccnc(Cl)n3)cc12.CN(C(=O)OC(C)(C)C)C1CCN(c2ccc(N)nc2)C(=O)C1.CNC1CCN(c2ccc(Cc3nccc(-c4ccn5ncc(C(C)C)c5c4)n3)nc2)C(=O)C1. The van der Waals surface area contributed by atoms with Crippen LogP contribution < -0.4 is 25.8 Å². The molecule has 0 aromatic carbocycles. The second-order valence-electron chi connectivity index (χ2n) is 32.3. The fraction of sp³-hybridized carbons (Fsp3) is 0.391. The average Bonchev–Trinajstić information content (AvgIpc) is 1.38. The Morgan fingerprint density at radius 3 is 1.19 bits per heavy atom. The molecule has 12 aromatic heterocycles. The Kier molecular flexibility index (Phi) is 26.4. The van der Waals surface area contributed by atoms with Crippen LogP contribution in [0, 0.1) is 0 Å². The number of anilines is 4. The Bertz CT molecular complexity index is 5480. The number of nitrogens with zero attached hydrogens (tertiary/aromatic N) is 20. The Labute approximate surface area is 686 Å². The molecule has 5 amide bonds. The smallest absolute Gasteiger partial charge is 0.410 e. The maximum Gasteiger partial charge on any atom is 0.410 e. The number of halogens is 1. The molecule has 3 saturated heterocycles. The number of carbonyl (C=O) groups is 5. The third-order valence-corrected chi connectivity index (χ3v) is 20.7. The second kappa shape index (κ2) is 36.7. The summed E-state index contributed by atoms with van der Waals surface area (Å²) < 4.78 is 16.5. The van der Waals surface area contributed by atoms with Crippen LogP contribution in [0.4, 0.5) is 32.5 Å². The Hall–Kier alpha value is -12.2. The molecule has 3 fully saturated rings. The van der Waals surface area contributed by atoms with Crippen LogP contribution >= 0.6 is 11.6 Å². The van der Waals surface area contributed by atoms with Crippen LogP contribution in [0.3, 0.4) is 0 Å². The topological polar surface area (TPSA) is 326 Å². The Balaban J connectivity index is 0.000000150. The van der Waals surface area contributed by atoms with Crippen molar-refractivity contribution in [2.45, 2.75) is 182 Å². The predicted molar refractivity (Wildman–Crippen MR) is 452 cm³/mol. The predicted octanol–water partition coefficient (Wildman–Crippen LogP) is 14.5. The van der Waals surface area contributed by atoms with Crippen molar-refractivity contribution >= 4 is 80.9 Å². The van der Waals surface area contributed by atoms with Crippen molar-refractivity contribution < 1.29 is 33.4 Å². The van der Waals surface area contributed by atoms with Gasteiger partial charge in [-0.3, -0.25) is 24.4 Å². The number of rotatable bonds is 16. The summed E-state index contributed by atoms with van der Waals surface area (Å²) in [6.07, 6.45) is 25.4. The van der Waals surface area contributed by atoms with Crippen LogP contribution in [0.15, 0.2) is 165 Å². The first-order valence-electron chi connectivity index (χ1n) is 39.5. The summed E-state index contributed by atoms with van der Waals surface area (Å²) in [7, 11) is 5.26. The molecule has 3 atom stereocenters. The van der Waals surface area contributed by atoms with E-state index in [-0.39, 0.29) is 54.0 Å². The number of nitrogen functional groups attached to an aromatic ring is 1. The zero-order chi connectivity index (χ0) is 83.6. The number of ether oxygens (including phenoxy) is 2. The van der Waals surface area contributed by atoms with E-state index in [1.165, 1.54) is 26.5 Å². The summed E-state index contributed by atoms with van der Waals surface area (Å²) in [5.41, 5.74) is 20.9. The van der Waals surface area contributed by atoms with Gasteiger partial charge in [0.15, 0.2) is 0 Å². The molecule has 15 heterocycles. The number of nitrogens with one attached hydrogen (secondary N) is 1. The van der Waals surface area contributed by atoms with Crippen LogP contribution in [0.5, 0.6) is 0 Å². The van der Waals surface area contributed by atoms with E-state index < -0.39 is 23.4 Å². The summed E-state index contributed by atoms with van der Waals surface area (Å²) in [6, 6.07) is 29.1. The number of fused-ring (bicyclic) bond motifs is 3. The van der Waals surface area contributed by atoms with Gasteiger partial charge in [-0.05, 0) is 188 Å². The lowest BCUT2D eigenvalue weighted by Gasteiger charge is -2.36. The maximum atomic E-state index is 13.0. The van der Waals surface area contributed by atoms with Crippen LogP contribution in [0.2, 0.25) is 5.28 Å². The number of aromatic nitrogens is 15. The first kappa shape index (κ1) is 84.2. The lowest BCUT2D eigenvalue weighted by molar-refractivity contribution is -0.121. The zero-order valence-electron chi connectivity index (χ0n) is 69.1. The summed E-state index contributed by atoms with van der Waals surface area (Å²) in [4.78, 5) is 111. The number of carbonyl (C=O) groups excluding carboxylic acids is 5. The van der Waals surface area contributed by atoms with Gasteiger partial charge in [0.2, 0.25) is 23.0 Å². The van der Waals surface area contributed by atoms with Crippen LogP contribution in [-0.4, -0.2) is 184 Å². The molecule has 0 spiro atoms.